The van der Waals surface area contributed by atoms with Crippen molar-refractivity contribution in [1.82, 2.24) is 21.3 Å². The van der Waals surface area contributed by atoms with E-state index in [2.05, 4.69) is 21.3 Å². The van der Waals surface area contributed by atoms with Crippen LogP contribution in [-0.4, -0.2) is 77.9 Å². The third-order valence-electron chi connectivity index (χ3n) is 5.01. The van der Waals surface area contributed by atoms with Crippen LogP contribution in [0.2, 0.25) is 0 Å². The fraction of sp³-hybridized carbons (Fsp3) is 0.684. The molecule has 1 heterocycles. The summed E-state index contributed by atoms with van der Waals surface area (Å²) in [7, 11) is 0. The van der Waals surface area contributed by atoms with Gasteiger partial charge in [0.2, 0.25) is 29.5 Å². The van der Waals surface area contributed by atoms with Gasteiger partial charge in [0, 0.05) is 0 Å². The van der Waals surface area contributed by atoms with Crippen LogP contribution in [0.25, 0.3) is 0 Å². The van der Waals surface area contributed by atoms with Crippen LogP contribution >= 0.6 is 0 Å². The van der Waals surface area contributed by atoms with Gasteiger partial charge in [0.1, 0.15) is 18.1 Å². The summed E-state index contributed by atoms with van der Waals surface area (Å²) < 4.78 is 0. The SMILES string of the molecule is NCCCCC(NC(=O)C(CC(N)=O)NC(=O)C(CC(N)=O)NC(=O)C1CCCN1)C(=O)O. The van der Waals surface area contributed by atoms with E-state index in [0.717, 1.165) is 6.42 Å². The molecule has 0 aliphatic carbocycles. The first-order valence-electron chi connectivity index (χ1n) is 10.7. The first-order valence-corrected chi connectivity index (χ1v) is 10.7. The fourth-order valence-electron chi connectivity index (χ4n) is 3.30. The average Bonchev–Trinajstić information content (AvgIpc) is 3.26. The molecule has 5 amide bonds. The molecule has 33 heavy (non-hydrogen) atoms. The van der Waals surface area contributed by atoms with Crippen LogP contribution in [0.5, 0.6) is 0 Å². The molecule has 4 unspecified atom stereocenters. The van der Waals surface area contributed by atoms with Crippen molar-refractivity contribution in [2.75, 3.05) is 13.1 Å². The lowest BCUT2D eigenvalue weighted by Gasteiger charge is -2.24. The highest BCUT2D eigenvalue weighted by Crippen LogP contribution is 2.07. The van der Waals surface area contributed by atoms with Gasteiger partial charge in [-0.25, -0.2) is 4.79 Å². The summed E-state index contributed by atoms with van der Waals surface area (Å²) in [5.74, 6) is -5.53. The van der Waals surface area contributed by atoms with Crippen LogP contribution in [0.15, 0.2) is 0 Å². The van der Waals surface area contributed by atoms with Gasteiger partial charge >= 0.3 is 5.97 Å². The molecule has 0 saturated carbocycles. The average molecular weight is 472 g/mol. The number of carboxylic acid groups (broad SMARTS) is 1. The number of amides is 5. The van der Waals surface area contributed by atoms with Crippen molar-refractivity contribution in [1.29, 1.82) is 0 Å². The summed E-state index contributed by atoms with van der Waals surface area (Å²) in [6, 6.07) is -4.74. The highest BCUT2D eigenvalue weighted by molar-refractivity contribution is 5.97. The van der Waals surface area contributed by atoms with E-state index in [1.54, 1.807) is 0 Å². The molecule has 0 spiro atoms. The first-order chi connectivity index (χ1) is 15.5. The molecule has 14 nitrogen and oxygen atoms in total. The molecule has 0 aromatic rings. The summed E-state index contributed by atoms with van der Waals surface area (Å²) in [4.78, 5) is 72.0. The molecule has 14 heteroatoms. The van der Waals surface area contributed by atoms with Gasteiger partial charge < -0.3 is 43.6 Å². The van der Waals surface area contributed by atoms with Gasteiger partial charge in [-0.2, -0.15) is 0 Å². The Morgan fingerprint density at radius 3 is 1.88 bits per heavy atom. The number of primary amides is 2. The number of carbonyl (C=O) groups is 6. The molecule has 1 aliphatic heterocycles. The van der Waals surface area contributed by atoms with E-state index in [1.807, 2.05) is 0 Å². The zero-order valence-electron chi connectivity index (χ0n) is 18.3. The smallest absolute Gasteiger partial charge is 0.326 e. The van der Waals surface area contributed by atoms with Crippen LogP contribution in [0.1, 0.15) is 44.9 Å². The number of carboxylic acids is 1. The van der Waals surface area contributed by atoms with Crippen LogP contribution in [-0.2, 0) is 28.8 Å². The van der Waals surface area contributed by atoms with E-state index in [4.69, 9.17) is 17.2 Å². The van der Waals surface area contributed by atoms with Crippen LogP contribution in [0.3, 0.4) is 0 Å². The van der Waals surface area contributed by atoms with Crippen molar-refractivity contribution in [3.63, 3.8) is 0 Å². The minimum atomic E-state index is -1.52. The van der Waals surface area contributed by atoms with Gasteiger partial charge in [-0.1, -0.05) is 0 Å². The number of nitrogens with one attached hydrogen (secondary N) is 4. The lowest BCUT2D eigenvalue weighted by Crippen LogP contribution is -2.58. The number of aliphatic carboxylic acids is 1. The standard InChI is InChI=1S/C19H33N7O7/c20-6-2-1-4-11(19(32)33)24-17(30)12(8-14(21)27)26-18(31)13(9-15(22)28)25-16(29)10-5-3-7-23-10/h10-13,23H,1-9,20H2,(H2,21,27)(H2,22,28)(H,24,30)(H,25,29)(H,26,31)(H,32,33). The van der Waals surface area contributed by atoms with Gasteiger partial charge in [0.15, 0.2) is 0 Å². The molecule has 4 atom stereocenters. The van der Waals surface area contributed by atoms with Gasteiger partial charge in [0.25, 0.3) is 0 Å². The summed E-state index contributed by atoms with van der Waals surface area (Å²) in [5, 5.41) is 19.2. The van der Waals surface area contributed by atoms with Gasteiger partial charge in [-0.3, -0.25) is 24.0 Å². The van der Waals surface area contributed by atoms with E-state index < -0.39 is 72.5 Å². The van der Waals surface area contributed by atoms with E-state index in [0.29, 0.717) is 32.4 Å². The Labute approximate surface area is 190 Å². The monoisotopic (exact) mass is 471 g/mol. The number of unbranched alkanes of at least 4 members (excludes halogenated alkanes) is 1. The van der Waals surface area contributed by atoms with Crippen molar-refractivity contribution < 1.29 is 33.9 Å². The van der Waals surface area contributed by atoms with Crippen molar-refractivity contribution >= 4 is 35.5 Å². The lowest BCUT2D eigenvalue weighted by atomic mass is 10.1. The van der Waals surface area contributed by atoms with Crippen LogP contribution in [0.4, 0.5) is 0 Å². The summed E-state index contributed by atoms with van der Waals surface area (Å²) in [5.41, 5.74) is 15.7. The Kier molecular flexibility index (Phi) is 11.8. The highest BCUT2D eigenvalue weighted by atomic mass is 16.4. The van der Waals surface area contributed by atoms with E-state index in [9.17, 15) is 33.9 Å². The first kappa shape index (κ1) is 27.8. The summed E-state index contributed by atoms with van der Waals surface area (Å²) in [6.45, 7) is 0.978. The van der Waals surface area contributed by atoms with Crippen molar-refractivity contribution in [2.24, 2.45) is 17.2 Å². The Hall–Kier alpha value is -3.26. The molecular formula is C19H33N7O7. The maximum Gasteiger partial charge on any atom is 0.326 e. The van der Waals surface area contributed by atoms with E-state index in [-0.39, 0.29) is 6.42 Å². The lowest BCUT2D eigenvalue weighted by molar-refractivity contribution is -0.142. The second-order valence-corrected chi connectivity index (χ2v) is 7.80. The second-order valence-electron chi connectivity index (χ2n) is 7.80. The van der Waals surface area contributed by atoms with Crippen LogP contribution < -0.4 is 38.5 Å². The minimum absolute atomic E-state index is 0.0876. The Morgan fingerprint density at radius 2 is 1.42 bits per heavy atom. The molecule has 1 aliphatic rings. The van der Waals surface area contributed by atoms with Crippen molar-refractivity contribution in [3.8, 4) is 0 Å². The quantitative estimate of drug-likeness (QED) is 0.109. The van der Waals surface area contributed by atoms with Gasteiger partial charge in [0.05, 0.1) is 18.9 Å². The van der Waals surface area contributed by atoms with Crippen molar-refractivity contribution in [3.05, 3.63) is 0 Å². The second kappa shape index (κ2) is 14.0. The zero-order valence-corrected chi connectivity index (χ0v) is 18.3. The molecular weight excluding hydrogens is 438 g/mol. The number of rotatable bonds is 15. The third-order valence-corrected chi connectivity index (χ3v) is 5.01. The number of hydrogen-bond donors (Lipinski definition) is 8. The van der Waals surface area contributed by atoms with Crippen molar-refractivity contribution in [2.45, 2.75) is 69.1 Å². The maximum absolute atomic E-state index is 12.7. The largest absolute Gasteiger partial charge is 0.480 e. The maximum atomic E-state index is 12.7. The molecule has 1 rings (SSSR count). The summed E-state index contributed by atoms with van der Waals surface area (Å²) >= 11 is 0. The Balaban J connectivity index is 2.90. The van der Waals surface area contributed by atoms with E-state index >= 15 is 0 Å². The summed E-state index contributed by atoms with van der Waals surface area (Å²) in [6.07, 6.45) is 1.20. The topological polar surface area (TPSA) is 249 Å². The Bertz CT molecular complexity index is 740. The predicted molar refractivity (Wildman–Crippen MR) is 115 cm³/mol. The van der Waals surface area contributed by atoms with Gasteiger partial charge in [-0.15, -0.1) is 0 Å². The fourth-order valence-corrected chi connectivity index (χ4v) is 3.30. The number of hydrogen-bond acceptors (Lipinski definition) is 8. The van der Waals surface area contributed by atoms with E-state index in [1.165, 1.54) is 0 Å². The molecule has 0 aromatic heterocycles. The predicted octanol–water partition coefficient (Wildman–Crippen LogP) is -3.84. The molecule has 186 valence electrons. The molecule has 11 N–H and O–H groups in total. The Morgan fingerprint density at radius 1 is 0.879 bits per heavy atom. The normalized spacial score (nSPS) is 17.9. The third kappa shape index (κ3) is 10.3. The van der Waals surface area contributed by atoms with Crippen LogP contribution in [0, 0.1) is 0 Å². The highest BCUT2D eigenvalue weighted by Gasteiger charge is 2.32. The molecule has 0 bridgehead atoms. The zero-order chi connectivity index (χ0) is 25.0. The molecule has 1 saturated heterocycles. The molecule has 0 aromatic carbocycles. The van der Waals surface area contributed by atoms with Gasteiger partial charge in [-0.05, 0) is 45.2 Å². The molecule has 0 radical (unpaired) electrons. The molecule has 1 fully saturated rings. The minimum Gasteiger partial charge on any atom is -0.480 e. The number of carbonyl (C=O) groups excluding carboxylic acids is 5. The number of nitrogens with two attached hydrogens (primary N) is 3.